The van der Waals surface area contributed by atoms with Gasteiger partial charge in [0.1, 0.15) is 0 Å². The molecule has 0 unspecified atom stereocenters. The molecule has 5 nitrogen and oxygen atoms in total. The summed E-state index contributed by atoms with van der Waals surface area (Å²) in [5, 5.41) is 9.03. The van der Waals surface area contributed by atoms with Crippen LogP contribution < -0.4 is 0 Å². The number of aliphatic hydroxyl groups excluding tert-OH is 1. The molecule has 0 atom stereocenters. The van der Waals surface area contributed by atoms with Crippen molar-refractivity contribution in [1.82, 2.24) is 0 Å². The summed E-state index contributed by atoms with van der Waals surface area (Å²) in [6.45, 7) is 1.02. The van der Waals surface area contributed by atoms with Gasteiger partial charge in [-0.05, 0) is 0 Å². The van der Waals surface area contributed by atoms with Crippen LogP contribution in [0.5, 0.6) is 0 Å². The summed E-state index contributed by atoms with van der Waals surface area (Å²) in [4.78, 5) is 0. The minimum Gasteiger partial charge on any atom is -0.395 e. The molecule has 0 aliphatic rings. The summed E-state index contributed by atoms with van der Waals surface area (Å²) in [5.74, 6) is 0. The molecule has 0 aromatic rings. The Hall–Kier alpha value is 0.0169. The Balaban J connectivity index is 3.68. The van der Waals surface area contributed by atoms with Crippen LogP contribution in [0.1, 0.15) is 0 Å². The van der Waals surface area contributed by atoms with Crippen LogP contribution in [0, 0.1) is 0 Å². The number of hydrogen-bond acceptors (Lipinski definition) is 5. The summed E-state index contributed by atoms with van der Waals surface area (Å²) >= 11 is 0. The van der Waals surface area contributed by atoms with Crippen molar-refractivity contribution in [3.8, 4) is 0 Å². The largest absolute Gasteiger partial charge is 0.395 e. The highest BCUT2D eigenvalue weighted by Gasteiger charge is 2.35. The minimum atomic E-state index is -2.49. The average Bonchev–Trinajstić information content (AvgIpc) is 2.20. The highest BCUT2D eigenvalue weighted by Crippen LogP contribution is 2.04. The van der Waals surface area contributed by atoms with Gasteiger partial charge in [-0.15, -0.1) is 0 Å². The molecule has 0 bridgehead atoms. The fourth-order valence-electron chi connectivity index (χ4n) is 0.746. The SMILES string of the molecule is COCCOC[Si](CO)(OC)OC. The molecule has 1 N–H and O–H groups in total. The first-order chi connectivity index (χ1) is 6.24. The summed E-state index contributed by atoms with van der Waals surface area (Å²) < 4.78 is 20.3. The van der Waals surface area contributed by atoms with E-state index in [9.17, 15) is 0 Å². The van der Waals surface area contributed by atoms with Crippen LogP contribution in [0.2, 0.25) is 0 Å². The van der Waals surface area contributed by atoms with Crippen molar-refractivity contribution in [1.29, 1.82) is 0 Å². The van der Waals surface area contributed by atoms with Crippen LogP contribution in [0.3, 0.4) is 0 Å². The van der Waals surface area contributed by atoms with Gasteiger partial charge < -0.3 is 23.4 Å². The van der Waals surface area contributed by atoms with Crippen molar-refractivity contribution in [2.45, 2.75) is 0 Å². The monoisotopic (exact) mass is 210 g/mol. The Kier molecular flexibility index (Phi) is 7.43. The molecule has 80 valence electrons. The van der Waals surface area contributed by atoms with Crippen molar-refractivity contribution in [2.24, 2.45) is 0 Å². The predicted octanol–water partition coefficient (Wildman–Crippen LogP) is -0.545. The summed E-state index contributed by atoms with van der Waals surface area (Å²) in [6.07, 6.45) is 0.215. The first-order valence-electron chi connectivity index (χ1n) is 4.02. The zero-order valence-electron chi connectivity index (χ0n) is 8.41. The molecular weight excluding hydrogens is 192 g/mol. The van der Waals surface area contributed by atoms with Crippen LogP contribution in [-0.2, 0) is 18.3 Å². The molecule has 13 heavy (non-hydrogen) atoms. The van der Waals surface area contributed by atoms with E-state index in [0.29, 0.717) is 19.4 Å². The molecule has 0 aliphatic heterocycles. The molecule has 0 aliphatic carbocycles. The van der Waals surface area contributed by atoms with Crippen LogP contribution in [-0.4, -0.2) is 60.7 Å². The second-order valence-electron chi connectivity index (χ2n) is 2.52. The van der Waals surface area contributed by atoms with Crippen molar-refractivity contribution in [3.05, 3.63) is 0 Å². The maximum absolute atomic E-state index is 9.03. The van der Waals surface area contributed by atoms with Crippen molar-refractivity contribution < 1.29 is 23.4 Å². The third kappa shape index (κ3) is 4.70. The Morgan fingerprint density at radius 3 is 2.08 bits per heavy atom. The third-order valence-electron chi connectivity index (χ3n) is 1.74. The molecule has 0 saturated carbocycles. The van der Waals surface area contributed by atoms with Gasteiger partial charge in [0, 0.05) is 21.3 Å². The Morgan fingerprint density at radius 1 is 1.08 bits per heavy atom. The molecule has 0 spiro atoms. The van der Waals surface area contributed by atoms with E-state index in [-0.39, 0.29) is 6.23 Å². The number of aliphatic hydroxyl groups is 1. The molecule has 6 heteroatoms. The van der Waals surface area contributed by atoms with E-state index in [2.05, 4.69) is 0 Å². The highest BCUT2D eigenvalue weighted by molar-refractivity contribution is 6.67. The maximum Gasteiger partial charge on any atom is 0.390 e. The third-order valence-corrected chi connectivity index (χ3v) is 4.35. The summed E-state index contributed by atoms with van der Waals surface area (Å²) in [6, 6.07) is 0. The number of ether oxygens (including phenoxy) is 2. The Bertz CT molecular complexity index is 109. The number of methoxy groups -OCH3 is 1. The molecule has 0 radical (unpaired) electrons. The van der Waals surface area contributed by atoms with Crippen LogP contribution in [0.4, 0.5) is 0 Å². The molecule has 0 rings (SSSR count). The van der Waals surface area contributed by atoms with Gasteiger partial charge in [-0.1, -0.05) is 0 Å². The predicted molar refractivity (Wildman–Crippen MR) is 49.6 cm³/mol. The maximum atomic E-state index is 9.03. The molecular formula is C7H18O5Si. The van der Waals surface area contributed by atoms with E-state index in [1.807, 2.05) is 0 Å². The molecule has 0 saturated heterocycles. The molecule has 0 heterocycles. The summed E-state index contributed by atoms with van der Waals surface area (Å²) in [5.41, 5.74) is 0. The normalized spacial score (nSPS) is 12.0. The van der Waals surface area contributed by atoms with E-state index in [0.717, 1.165) is 0 Å². The lowest BCUT2D eigenvalue weighted by atomic mass is 10.8. The van der Waals surface area contributed by atoms with Crippen molar-refractivity contribution in [3.63, 3.8) is 0 Å². The Morgan fingerprint density at radius 2 is 1.69 bits per heavy atom. The lowest BCUT2D eigenvalue weighted by Gasteiger charge is -2.24. The lowest BCUT2D eigenvalue weighted by Crippen LogP contribution is -2.50. The zero-order chi connectivity index (χ0) is 10.2. The smallest absolute Gasteiger partial charge is 0.390 e. The van der Waals surface area contributed by atoms with Gasteiger partial charge in [0.25, 0.3) is 0 Å². The van der Waals surface area contributed by atoms with Gasteiger partial charge in [0.15, 0.2) is 0 Å². The lowest BCUT2D eigenvalue weighted by molar-refractivity contribution is 0.0672. The first-order valence-corrected chi connectivity index (χ1v) is 6.25. The van der Waals surface area contributed by atoms with Crippen molar-refractivity contribution in [2.75, 3.05) is 47.0 Å². The quantitative estimate of drug-likeness (QED) is 0.430. The van der Waals surface area contributed by atoms with Gasteiger partial charge >= 0.3 is 8.56 Å². The van der Waals surface area contributed by atoms with Gasteiger partial charge in [-0.2, -0.15) is 0 Å². The van der Waals surface area contributed by atoms with Gasteiger partial charge in [-0.25, -0.2) is 0 Å². The number of rotatable bonds is 8. The first kappa shape index (κ1) is 13.0. The van der Waals surface area contributed by atoms with E-state index in [1.54, 1.807) is 7.11 Å². The van der Waals surface area contributed by atoms with Crippen LogP contribution >= 0.6 is 0 Å². The van der Waals surface area contributed by atoms with Crippen LogP contribution in [0.15, 0.2) is 0 Å². The minimum absolute atomic E-state index is 0.104. The van der Waals surface area contributed by atoms with E-state index in [4.69, 9.17) is 23.4 Å². The molecule has 0 aromatic heterocycles. The van der Waals surface area contributed by atoms with Crippen molar-refractivity contribution >= 4 is 8.56 Å². The standard InChI is InChI=1S/C7H18O5Si/c1-9-4-5-12-7-13(6-8,10-2)11-3/h8H,4-7H2,1-3H3. The van der Waals surface area contributed by atoms with Crippen LogP contribution in [0.25, 0.3) is 0 Å². The molecule has 0 aromatic carbocycles. The summed E-state index contributed by atoms with van der Waals surface area (Å²) in [7, 11) is 2.15. The second kappa shape index (κ2) is 7.42. The zero-order valence-corrected chi connectivity index (χ0v) is 9.41. The second-order valence-corrected chi connectivity index (χ2v) is 5.77. The topological polar surface area (TPSA) is 57.2 Å². The van der Waals surface area contributed by atoms with E-state index in [1.165, 1.54) is 14.2 Å². The molecule has 0 amide bonds. The Labute approximate surface area is 79.8 Å². The number of hydrogen-bond donors (Lipinski definition) is 1. The van der Waals surface area contributed by atoms with E-state index < -0.39 is 8.56 Å². The van der Waals surface area contributed by atoms with Gasteiger partial charge in [-0.3, -0.25) is 0 Å². The molecule has 0 fully saturated rings. The highest BCUT2D eigenvalue weighted by atomic mass is 28.4. The van der Waals surface area contributed by atoms with Gasteiger partial charge in [0.05, 0.1) is 25.7 Å². The average molecular weight is 210 g/mol. The fraction of sp³-hybridized carbons (Fsp3) is 1.00. The van der Waals surface area contributed by atoms with E-state index >= 15 is 0 Å². The fourth-order valence-corrected chi connectivity index (χ4v) is 1.95. The van der Waals surface area contributed by atoms with Gasteiger partial charge in [0.2, 0.25) is 0 Å².